The molecule has 0 bridgehead atoms. The van der Waals surface area contributed by atoms with Gasteiger partial charge in [-0.2, -0.15) is 0 Å². The predicted molar refractivity (Wildman–Crippen MR) is 70.7 cm³/mol. The molecule has 0 aliphatic heterocycles. The van der Waals surface area contributed by atoms with Crippen LogP contribution in [-0.4, -0.2) is 10.9 Å². The van der Waals surface area contributed by atoms with Crippen molar-refractivity contribution in [3.05, 3.63) is 57.8 Å². The molecule has 0 saturated heterocycles. The van der Waals surface area contributed by atoms with Gasteiger partial charge in [0.05, 0.1) is 6.04 Å². The molecule has 19 heavy (non-hydrogen) atoms. The summed E-state index contributed by atoms with van der Waals surface area (Å²) in [5.74, 6) is -2.15. The van der Waals surface area contributed by atoms with Crippen LogP contribution in [0.3, 0.4) is 0 Å². The van der Waals surface area contributed by atoms with Crippen LogP contribution in [-0.2, 0) is 0 Å². The number of benzene rings is 1. The highest BCUT2D eigenvalue weighted by Crippen LogP contribution is 2.17. The van der Waals surface area contributed by atoms with E-state index in [0.29, 0.717) is 11.3 Å². The summed E-state index contributed by atoms with van der Waals surface area (Å²) in [5, 5.41) is 2.69. The summed E-state index contributed by atoms with van der Waals surface area (Å²) < 4.78 is 26.7. The lowest BCUT2D eigenvalue weighted by atomic mass is 10.1. The summed E-state index contributed by atoms with van der Waals surface area (Å²) >= 11 is 3.23. The first-order chi connectivity index (χ1) is 8.97. The largest absolute Gasteiger partial charge is 0.356 e. The lowest BCUT2D eigenvalue weighted by Crippen LogP contribution is -2.27. The van der Waals surface area contributed by atoms with Crippen LogP contribution in [0.4, 0.5) is 8.78 Å². The summed E-state index contributed by atoms with van der Waals surface area (Å²) in [4.78, 5) is 14.7. The van der Waals surface area contributed by atoms with Crippen molar-refractivity contribution in [1.29, 1.82) is 0 Å². The number of aromatic amines is 1. The number of nitrogens with one attached hydrogen (secondary N) is 2. The third kappa shape index (κ3) is 3.20. The molecule has 2 N–H and O–H groups in total. The van der Waals surface area contributed by atoms with Gasteiger partial charge in [-0.05, 0) is 46.6 Å². The van der Waals surface area contributed by atoms with Crippen molar-refractivity contribution in [2.45, 2.75) is 13.0 Å². The summed E-state index contributed by atoms with van der Waals surface area (Å²) in [7, 11) is 0. The Bertz CT molecular complexity index is 612. The molecule has 0 spiro atoms. The van der Waals surface area contributed by atoms with E-state index in [4.69, 9.17) is 0 Å². The van der Waals surface area contributed by atoms with Gasteiger partial charge in [0.15, 0.2) is 11.6 Å². The second kappa shape index (κ2) is 5.52. The molecule has 1 atom stereocenters. The van der Waals surface area contributed by atoms with Gasteiger partial charge in [-0.25, -0.2) is 8.78 Å². The van der Waals surface area contributed by atoms with E-state index >= 15 is 0 Å². The van der Waals surface area contributed by atoms with Crippen LogP contribution in [0, 0.1) is 11.6 Å². The fourth-order valence-electron chi connectivity index (χ4n) is 1.64. The van der Waals surface area contributed by atoms with Gasteiger partial charge in [-0.1, -0.05) is 6.07 Å². The minimum absolute atomic E-state index is 0.317. The number of aromatic nitrogens is 1. The topological polar surface area (TPSA) is 44.9 Å². The van der Waals surface area contributed by atoms with Crippen LogP contribution < -0.4 is 5.32 Å². The first-order valence-corrected chi connectivity index (χ1v) is 6.36. The number of hydrogen-bond acceptors (Lipinski definition) is 1. The van der Waals surface area contributed by atoms with Gasteiger partial charge in [0.2, 0.25) is 0 Å². The van der Waals surface area contributed by atoms with E-state index in [1.54, 1.807) is 19.2 Å². The van der Waals surface area contributed by atoms with Crippen LogP contribution in [0.2, 0.25) is 0 Å². The molecule has 1 heterocycles. The third-order valence-corrected chi connectivity index (χ3v) is 3.14. The molecular formula is C13H11BrF2N2O. The highest BCUT2D eigenvalue weighted by molar-refractivity contribution is 9.10. The SMILES string of the molecule is CC(NC(=O)c1cc(Br)c[nH]1)c1ccc(F)c(F)c1. The number of halogens is 3. The number of carbonyl (C=O) groups excluding carboxylic acids is 1. The first kappa shape index (κ1) is 13.7. The Morgan fingerprint density at radius 3 is 2.63 bits per heavy atom. The maximum atomic E-state index is 13.1. The minimum atomic E-state index is -0.929. The summed E-state index contributed by atoms with van der Waals surface area (Å²) in [6, 6.07) is 4.76. The monoisotopic (exact) mass is 328 g/mol. The van der Waals surface area contributed by atoms with Crippen LogP contribution >= 0.6 is 15.9 Å². The molecule has 1 amide bonds. The number of H-pyrrole nitrogens is 1. The molecule has 0 fully saturated rings. The summed E-state index contributed by atoms with van der Waals surface area (Å²) in [6.07, 6.45) is 1.64. The quantitative estimate of drug-likeness (QED) is 0.889. The van der Waals surface area contributed by atoms with Crippen molar-refractivity contribution in [3.63, 3.8) is 0 Å². The van der Waals surface area contributed by atoms with Crippen LogP contribution in [0.15, 0.2) is 34.9 Å². The van der Waals surface area contributed by atoms with Crippen molar-refractivity contribution in [1.82, 2.24) is 10.3 Å². The van der Waals surface area contributed by atoms with Crippen molar-refractivity contribution in [3.8, 4) is 0 Å². The zero-order chi connectivity index (χ0) is 14.0. The zero-order valence-electron chi connectivity index (χ0n) is 10.0. The van der Waals surface area contributed by atoms with E-state index in [2.05, 4.69) is 26.2 Å². The van der Waals surface area contributed by atoms with Gasteiger partial charge in [0, 0.05) is 10.7 Å². The van der Waals surface area contributed by atoms with Gasteiger partial charge < -0.3 is 10.3 Å². The molecule has 6 heteroatoms. The highest BCUT2D eigenvalue weighted by atomic mass is 79.9. The van der Waals surface area contributed by atoms with Gasteiger partial charge >= 0.3 is 0 Å². The van der Waals surface area contributed by atoms with E-state index in [1.165, 1.54) is 6.07 Å². The number of carbonyl (C=O) groups is 1. The standard InChI is InChI=1S/C13H11BrF2N2O/c1-7(8-2-3-10(15)11(16)4-8)18-13(19)12-5-9(14)6-17-12/h2-7,17H,1H3,(H,18,19). The Hall–Kier alpha value is -1.69. The Labute approximate surface area is 117 Å². The number of rotatable bonds is 3. The van der Waals surface area contributed by atoms with Gasteiger partial charge in [-0.3, -0.25) is 4.79 Å². The lowest BCUT2D eigenvalue weighted by Gasteiger charge is -2.14. The predicted octanol–water partition coefficient (Wildman–Crippen LogP) is 3.55. The molecular weight excluding hydrogens is 318 g/mol. The van der Waals surface area contributed by atoms with Gasteiger partial charge in [-0.15, -0.1) is 0 Å². The van der Waals surface area contributed by atoms with Gasteiger partial charge in [0.25, 0.3) is 5.91 Å². The van der Waals surface area contributed by atoms with Crippen LogP contribution in [0.25, 0.3) is 0 Å². The molecule has 100 valence electrons. The zero-order valence-corrected chi connectivity index (χ0v) is 11.6. The van der Waals surface area contributed by atoms with Crippen molar-refractivity contribution in [2.75, 3.05) is 0 Å². The molecule has 0 radical (unpaired) electrons. The molecule has 1 aromatic carbocycles. The normalized spacial score (nSPS) is 12.2. The first-order valence-electron chi connectivity index (χ1n) is 5.57. The van der Waals surface area contributed by atoms with Crippen molar-refractivity contribution in [2.24, 2.45) is 0 Å². The average Bonchev–Trinajstić information content (AvgIpc) is 2.79. The van der Waals surface area contributed by atoms with Crippen LogP contribution in [0.5, 0.6) is 0 Å². The van der Waals surface area contributed by atoms with E-state index < -0.39 is 17.7 Å². The maximum absolute atomic E-state index is 13.1. The van der Waals surface area contributed by atoms with Crippen molar-refractivity contribution >= 4 is 21.8 Å². The molecule has 1 aromatic heterocycles. The molecule has 0 aliphatic rings. The third-order valence-electron chi connectivity index (χ3n) is 2.68. The summed E-state index contributed by atoms with van der Waals surface area (Å²) in [5.41, 5.74) is 0.888. The molecule has 3 nitrogen and oxygen atoms in total. The van der Waals surface area contributed by atoms with E-state index in [9.17, 15) is 13.6 Å². The molecule has 0 aliphatic carbocycles. The molecule has 0 saturated carbocycles. The van der Waals surface area contributed by atoms with Crippen molar-refractivity contribution < 1.29 is 13.6 Å². The van der Waals surface area contributed by atoms with Crippen LogP contribution in [0.1, 0.15) is 29.0 Å². The van der Waals surface area contributed by atoms with E-state index in [1.807, 2.05) is 0 Å². The highest BCUT2D eigenvalue weighted by Gasteiger charge is 2.14. The van der Waals surface area contributed by atoms with E-state index in [0.717, 1.165) is 16.6 Å². The lowest BCUT2D eigenvalue weighted by molar-refractivity contribution is 0.0935. The number of amides is 1. The Kier molecular flexibility index (Phi) is 3.99. The molecule has 2 rings (SSSR count). The van der Waals surface area contributed by atoms with Gasteiger partial charge in [0.1, 0.15) is 5.69 Å². The fourth-order valence-corrected chi connectivity index (χ4v) is 1.98. The average molecular weight is 329 g/mol. The smallest absolute Gasteiger partial charge is 0.268 e. The fraction of sp³-hybridized carbons (Fsp3) is 0.154. The maximum Gasteiger partial charge on any atom is 0.268 e. The second-order valence-electron chi connectivity index (χ2n) is 4.10. The Morgan fingerprint density at radius 1 is 1.32 bits per heavy atom. The second-order valence-corrected chi connectivity index (χ2v) is 5.02. The Morgan fingerprint density at radius 2 is 2.05 bits per heavy atom. The minimum Gasteiger partial charge on any atom is -0.356 e. The summed E-state index contributed by atoms with van der Waals surface area (Å²) in [6.45, 7) is 1.70. The van der Waals surface area contributed by atoms with E-state index in [-0.39, 0.29) is 5.91 Å². The number of hydrogen-bond donors (Lipinski definition) is 2. The Balaban J connectivity index is 2.10. The molecule has 2 aromatic rings. The molecule has 1 unspecified atom stereocenters.